The highest BCUT2D eigenvalue weighted by molar-refractivity contribution is 6.00. The summed E-state index contributed by atoms with van der Waals surface area (Å²) in [5, 5.41) is 2.83. The van der Waals surface area contributed by atoms with Gasteiger partial charge in [0.2, 0.25) is 0 Å². The number of hydrogen-bond donors (Lipinski definition) is 2. The number of benzene rings is 2. The van der Waals surface area contributed by atoms with Crippen LogP contribution in [-0.2, 0) is 4.79 Å². The highest BCUT2D eigenvalue weighted by Crippen LogP contribution is 2.25. The van der Waals surface area contributed by atoms with E-state index in [9.17, 15) is 9.59 Å². The van der Waals surface area contributed by atoms with Gasteiger partial charge in [-0.25, -0.2) is 0 Å². The molecule has 1 aromatic heterocycles. The van der Waals surface area contributed by atoms with Gasteiger partial charge in [0.1, 0.15) is 11.5 Å². The normalized spacial score (nSPS) is 11.5. The maximum Gasteiger partial charge on any atom is 0.270 e. The second kappa shape index (κ2) is 9.38. The fourth-order valence-electron chi connectivity index (χ4n) is 3.11. The van der Waals surface area contributed by atoms with E-state index >= 15 is 0 Å². The molecule has 2 aromatic carbocycles. The second-order valence-corrected chi connectivity index (χ2v) is 7.37. The zero-order chi connectivity index (χ0) is 22.5. The summed E-state index contributed by atoms with van der Waals surface area (Å²) in [6, 6.07) is 16.1. The first-order valence-corrected chi connectivity index (χ1v) is 9.97. The maximum absolute atomic E-state index is 12.6. The number of aryl methyl sites for hydroxylation is 3. The van der Waals surface area contributed by atoms with E-state index in [1.165, 1.54) is 0 Å². The Morgan fingerprint density at radius 3 is 2.19 bits per heavy atom. The predicted molar refractivity (Wildman–Crippen MR) is 120 cm³/mol. The molecule has 0 aliphatic rings. The number of methoxy groups -OCH3 is 1. The van der Waals surface area contributed by atoms with E-state index in [2.05, 4.69) is 10.7 Å². The van der Waals surface area contributed by atoms with Gasteiger partial charge in [0.25, 0.3) is 11.8 Å². The molecule has 0 aliphatic heterocycles. The smallest absolute Gasteiger partial charge is 0.270 e. The lowest BCUT2D eigenvalue weighted by Gasteiger charge is -2.17. The standard InChI is InChI=1S/C24H27N3O4/c1-15-6-13-22(30-5)21(14-15)25-23(28)18(4)31-20-11-9-19(10-12-20)24(29)26-27-16(2)7-8-17(27)3/h6-14,18H,1-5H3,(H,25,28)(H,26,29)/t18-/m0/s1. The minimum atomic E-state index is -0.741. The molecule has 2 N–H and O–H groups in total. The van der Waals surface area contributed by atoms with Gasteiger partial charge in [0, 0.05) is 17.0 Å². The van der Waals surface area contributed by atoms with Gasteiger partial charge in [-0.1, -0.05) is 6.07 Å². The average molecular weight is 421 g/mol. The Morgan fingerprint density at radius 1 is 0.935 bits per heavy atom. The van der Waals surface area contributed by atoms with Crippen LogP contribution in [-0.4, -0.2) is 29.7 Å². The van der Waals surface area contributed by atoms with Gasteiger partial charge in [-0.15, -0.1) is 0 Å². The molecule has 0 radical (unpaired) electrons. The molecule has 1 heterocycles. The summed E-state index contributed by atoms with van der Waals surface area (Å²) in [5.41, 5.74) is 6.82. The Labute approximate surface area is 182 Å². The van der Waals surface area contributed by atoms with E-state index in [1.54, 1.807) is 49.0 Å². The molecule has 3 rings (SSSR count). The van der Waals surface area contributed by atoms with Crippen LogP contribution in [0.3, 0.4) is 0 Å². The van der Waals surface area contributed by atoms with Crippen molar-refractivity contribution in [3.63, 3.8) is 0 Å². The van der Waals surface area contributed by atoms with Crippen LogP contribution in [0, 0.1) is 20.8 Å². The van der Waals surface area contributed by atoms with Crippen molar-refractivity contribution in [2.75, 3.05) is 17.9 Å². The third-order valence-electron chi connectivity index (χ3n) is 4.90. The monoisotopic (exact) mass is 421 g/mol. The van der Waals surface area contributed by atoms with Crippen molar-refractivity contribution in [2.45, 2.75) is 33.8 Å². The number of aromatic nitrogens is 1. The van der Waals surface area contributed by atoms with E-state index in [0.29, 0.717) is 22.7 Å². The molecular formula is C24H27N3O4. The zero-order valence-corrected chi connectivity index (χ0v) is 18.4. The third-order valence-corrected chi connectivity index (χ3v) is 4.90. The Morgan fingerprint density at radius 2 is 1.58 bits per heavy atom. The summed E-state index contributed by atoms with van der Waals surface area (Å²) in [5.74, 6) is 0.536. The highest BCUT2D eigenvalue weighted by atomic mass is 16.5. The number of anilines is 1. The number of ether oxygens (including phenoxy) is 2. The Kier molecular flexibility index (Phi) is 6.65. The molecule has 31 heavy (non-hydrogen) atoms. The van der Waals surface area contributed by atoms with E-state index in [1.807, 2.05) is 45.0 Å². The van der Waals surface area contributed by atoms with Gasteiger partial charge in [0.05, 0.1) is 12.8 Å². The molecule has 0 aliphatic carbocycles. The lowest BCUT2D eigenvalue weighted by atomic mass is 10.2. The van der Waals surface area contributed by atoms with Crippen molar-refractivity contribution < 1.29 is 19.1 Å². The van der Waals surface area contributed by atoms with Gasteiger partial charge in [0.15, 0.2) is 6.10 Å². The fraction of sp³-hybridized carbons (Fsp3) is 0.250. The first-order valence-electron chi connectivity index (χ1n) is 9.97. The molecule has 0 saturated carbocycles. The molecule has 0 saturated heterocycles. The molecule has 0 bridgehead atoms. The topological polar surface area (TPSA) is 81.6 Å². The number of amides is 2. The van der Waals surface area contributed by atoms with Crippen molar-refractivity contribution in [3.05, 3.63) is 77.1 Å². The Bertz CT molecular complexity index is 1070. The number of hydrogen-bond acceptors (Lipinski definition) is 4. The number of carbonyl (C=O) groups is 2. The minimum Gasteiger partial charge on any atom is -0.495 e. The summed E-state index contributed by atoms with van der Waals surface area (Å²) in [6.45, 7) is 7.44. The van der Waals surface area contributed by atoms with Crippen LogP contribution < -0.4 is 20.2 Å². The van der Waals surface area contributed by atoms with Crippen molar-refractivity contribution in [2.24, 2.45) is 0 Å². The minimum absolute atomic E-state index is 0.230. The predicted octanol–water partition coefficient (Wildman–Crippen LogP) is 4.21. The van der Waals surface area contributed by atoms with Crippen molar-refractivity contribution in [1.82, 2.24) is 4.68 Å². The summed E-state index contributed by atoms with van der Waals surface area (Å²) in [6.07, 6.45) is -0.741. The van der Waals surface area contributed by atoms with Crippen LogP contribution in [0.1, 0.15) is 34.2 Å². The number of rotatable bonds is 7. The summed E-state index contributed by atoms with van der Waals surface area (Å²) in [4.78, 5) is 25.1. The van der Waals surface area contributed by atoms with Gasteiger partial charge in [-0.05, 0) is 81.8 Å². The van der Waals surface area contributed by atoms with Crippen LogP contribution in [0.4, 0.5) is 5.69 Å². The largest absolute Gasteiger partial charge is 0.495 e. The molecule has 2 amide bonds. The number of nitrogens with zero attached hydrogens (tertiary/aromatic N) is 1. The lowest BCUT2D eigenvalue weighted by molar-refractivity contribution is -0.122. The highest BCUT2D eigenvalue weighted by Gasteiger charge is 2.17. The van der Waals surface area contributed by atoms with E-state index < -0.39 is 6.10 Å². The molecular weight excluding hydrogens is 394 g/mol. The van der Waals surface area contributed by atoms with E-state index in [-0.39, 0.29) is 11.8 Å². The Balaban J connectivity index is 1.62. The van der Waals surface area contributed by atoms with Crippen molar-refractivity contribution in [3.8, 4) is 11.5 Å². The average Bonchev–Trinajstić information content (AvgIpc) is 3.06. The Hall–Kier alpha value is -3.74. The molecule has 162 valence electrons. The van der Waals surface area contributed by atoms with Gasteiger partial charge in [-0.2, -0.15) is 0 Å². The second-order valence-electron chi connectivity index (χ2n) is 7.37. The van der Waals surface area contributed by atoms with Gasteiger partial charge in [-0.3, -0.25) is 19.7 Å². The van der Waals surface area contributed by atoms with Crippen LogP contribution >= 0.6 is 0 Å². The maximum atomic E-state index is 12.6. The van der Waals surface area contributed by atoms with Crippen LogP contribution in [0.25, 0.3) is 0 Å². The number of carbonyl (C=O) groups excluding carboxylic acids is 2. The number of nitrogens with one attached hydrogen (secondary N) is 2. The lowest BCUT2D eigenvalue weighted by Crippen LogP contribution is -2.30. The molecule has 0 fully saturated rings. The first-order chi connectivity index (χ1) is 14.8. The van der Waals surface area contributed by atoms with Crippen LogP contribution in [0.5, 0.6) is 11.5 Å². The molecule has 0 spiro atoms. The fourth-order valence-corrected chi connectivity index (χ4v) is 3.11. The molecule has 7 heteroatoms. The molecule has 1 atom stereocenters. The third kappa shape index (κ3) is 5.25. The molecule has 0 unspecified atom stereocenters. The van der Waals surface area contributed by atoms with Crippen LogP contribution in [0.15, 0.2) is 54.6 Å². The van der Waals surface area contributed by atoms with E-state index in [0.717, 1.165) is 17.0 Å². The zero-order valence-electron chi connectivity index (χ0n) is 18.4. The first kappa shape index (κ1) is 22.0. The quantitative estimate of drug-likeness (QED) is 0.599. The summed E-state index contributed by atoms with van der Waals surface area (Å²) in [7, 11) is 1.55. The SMILES string of the molecule is COc1ccc(C)cc1NC(=O)[C@H](C)Oc1ccc(C(=O)Nn2c(C)ccc2C)cc1. The molecule has 7 nitrogen and oxygen atoms in total. The van der Waals surface area contributed by atoms with Crippen LogP contribution in [0.2, 0.25) is 0 Å². The summed E-state index contributed by atoms with van der Waals surface area (Å²) >= 11 is 0. The molecule has 3 aromatic rings. The van der Waals surface area contributed by atoms with Crippen molar-refractivity contribution in [1.29, 1.82) is 0 Å². The van der Waals surface area contributed by atoms with Gasteiger partial charge >= 0.3 is 0 Å². The summed E-state index contributed by atoms with van der Waals surface area (Å²) < 4.78 is 12.8. The van der Waals surface area contributed by atoms with Crippen molar-refractivity contribution >= 4 is 17.5 Å². The van der Waals surface area contributed by atoms with E-state index in [4.69, 9.17) is 9.47 Å². The van der Waals surface area contributed by atoms with Gasteiger partial charge < -0.3 is 14.8 Å².